The molecule has 0 spiro atoms. The largest absolute Gasteiger partial charge is 0.368 e. The van der Waals surface area contributed by atoms with E-state index in [-0.39, 0.29) is 0 Å². The smallest absolute Gasteiger partial charge is 0.0646 e. The molecule has 3 rings (SSSR count). The number of piperazine rings is 1. The summed E-state index contributed by atoms with van der Waals surface area (Å²) in [7, 11) is 0. The normalized spacial score (nSPS) is 16.1. The summed E-state index contributed by atoms with van der Waals surface area (Å²) in [6.07, 6.45) is 0. The lowest BCUT2D eigenvalue weighted by atomic mass is 10.1. The van der Waals surface area contributed by atoms with E-state index in [0.717, 1.165) is 31.9 Å². The van der Waals surface area contributed by atoms with Gasteiger partial charge in [-0.1, -0.05) is 48.5 Å². The van der Waals surface area contributed by atoms with Crippen molar-refractivity contribution in [2.24, 2.45) is 5.10 Å². The molecule has 0 aromatic heterocycles. The zero-order chi connectivity index (χ0) is 14.5. The molecular weight excluding hydrogens is 258 g/mol. The number of benzene rings is 2. The highest BCUT2D eigenvalue weighted by molar-refractivity contribution is 5.98. The van der Waals surface area contributed by atoms with Crippen LogP contribution in [0.1, 0.15) is 12.5 Å². The first-order chi connectivity index (χ1) is 10.3. The summed E-state index contributed by atoms with van der Waals surface area (Å²) in [5.41, 5.74) is 3.59. The van der Waals surface area contributed by atoms with Crippen LogP contribution >= 0.6 is 0 Å². The van der Waals surface area contributed by atoms with Crippen molar-refractivity contribution >= 4 is 11.4 Å². The van der Waals surface area contributed by atoms with Gasteiger partial charge in [0.05, 0.1) is 18.8 Å². The Balaban J connectivity index is 1.61. The van der Waals surface area contributed by atoms with E-state index in [1.807, 2.05) is 6.07 Å². The average Bonchev–Trinajstić information content (AvgIpc) is 2.57. The third-order valence-electron chi connectivity index (χ3n) is 3.86. The van der Waals surface area contributed by atoms with Crippen LogP contribution in [-0.2, 0) is 0 Å². The number of hydrogen-bond donors (Lipinski definition) is 0. The molecule has 0 amide bonds. The van der Waals surface area contributed by atoms with Crippen molar-refractivity contribution in [1.82, 2.24) is 5.01 Å². The molecule has 0 saturated carbocycles. The van der Waals surface area contributed by atoms with E-state index in [4.69, 9.17) is 5.10 Å². The SMILES string of the molecule is C/C(=N\N1CCN(c2ccccc2)CC1)c1ccccc1. The van der Waals surface area contributed by atoms with Gasteiger partial charge in [0, 0.05) is 18.8 Å². The van der Waals surface area contributed by atoms with E-state index in [9.17, 15) is 0 Å². The van der Waals surface area contributed by atoms with Gasteiger partial charge in [-0.15, -0.1) is 0 Å². The van der Waals surface area contributed by atoms with Gasteiger partial charge in [-0.25, -0.2) is 0 Å². The number of para-hydroxylation sites is 1. The summed E-state index contributed by atoms with van der Waals surface area (Å²) in [5.74, 6) is 0. The highest BCUT2D eigenvalue weighted by Gasteiger charge is 2.15. The highest BCUT2D eigenvalue weighted by atomic mass is 15.5. The van der Waals surface area contributed by atoms with Gasteiger partial charge in [-0.2, -0.15) is 5.10 Å². The first kappa shape index (κ1) is 13.7. The van der Waals surface area contributed by atoms with Crippen LogP contribution in [0.3, 0.4) is 0 Å². The molecule has 0 aliphatic carbocycles. The van der Waals surface area contributed by atoms with Crippen molar-refractivity contribution in [2.75, 3.05) is 31.1 Å². The second-order valence-electron chi connectivity index (χ2n) is 5.33. The third-order valence-corrected chi connectivity index (χ3v) is 3.86. The van der Waals surface area contributed by atoms with Crippen LogP contribution in [0.2, 0.25) is 0 Å². The second-order valence-corrected chi connectivity index (χ2v) is 5.33. The Labute approximate surface area is 126 Å². The average molecular weight is 279 g/mol. The van der Waals surface area contributed by atoms with Crippen molar-refractivity contribution in [3.63, 3.8) is 0 Å². The molecule has 3 heteroatoms. The van der Waals surface area contributed by atoms with E-state index in [1.54, 1.807) is 0 Å². The molecule has 1 fully saturated rings. The molecule has 1 aliphatic heterocycles. The van der Waals surface area contributed by atoms with Crippen LogP contribution < -0.4 is 4.90 Å². The van der Waals surface area contributed by atoms with Gasteiger partial charge in [-0.05, 0) is 24.6 Å². The molecule has 108 valence electrons. The summed E-state index contributed by atoms with van der Waals surface area (Å²) in [6.45, 7) is 6.07. The lowest BCUT2D eigenvalue weighted by Crippen LogP contribution is -2.44. The fourth-order valence-electron chi connectivity index (χ4n) is 2.64. The number of anilines is 1. The molecule has 0 unspecified atom stereocenters. The lowest BCUT2D eigenvalue weighted by Gasteiger charge is -2.34. The Hall–Kier alpha value is -2.29. The van der Waals surface area contributed by atoms with Crippen LogP contribution in [0.4, 0.5) is 5.69 Å². The molecule has 1 aliphatic rings. The maximum absolute atomic E-state index is 4.76. The topological polar surface area (TPSA) is 18.8 Å². The van der Waals surface area contributed by atoms with Crippen molar-refractivity contribution in [2.45, 2.75) is 6.92 Å². The molecule has 21 heavy (non-hydrogen) atoms. The standard InChI is InChI=1S/C18H21N3/c1-16(17-8-4-2-5-9-17)19-21-14-12-20(13-15-21)18-10-6-3-7-11-18/h2-11H,12-15H2,1H3/b19-16+. The van der Waals surface area contributed by atoms with E-state index in [1.165, 1.54) is 11.3 Å². The molecule has 1 heterocycles. The number of hydrazone groups is 1. The molecule has 0 atom stereocenters. The molecule has 2 aromatic rings. The van der Waals surface area contributed by atoms with Crippen LogP contribution in [0.5, 0.6) is 0 Å². The highest BCUT2D eigenvalue weighted by Crippen LogP contribution is 2.16. The summed E-state index contributed by atoms with van der Waals surface area (Å²) in [5, 5.41) is 6.94. The van der Waals surface area contributed by atoms with Crippen molar-refractivity contribution in [1.29, 1.82) is 0 Å². The summed E-state index contributed by atoms with van der Waals surface area (Å²) in [6, 6.07) is 21.0. The van der Waals surface area contributed by atoms with Crippen molar-refractivity contribution in [3.05, 3.63) is 66.2 Å². The van der Waals surface area contributed by atoms with Gasteiger partial charge >= 0.3 is 0 Å². The molecule has 0 bridgehead atoms. The summed E-state index contributed by atoms with van der Waals surface area (Å²) in [4.78, 5) is 2.42. The molecule has 0 radical (unpaired) electrons. The van der Waals surface area contributed by atoms with Gasteiger partial charge in [0.1, 0.15) is 0 Å². The van der Waals surface area contributed by atoms with Crippen molar-refractivity contribution < 1.29 is 0 Å². The molecule has 0 N–H and O–H groups in total. The van der Waals surface area contributed by atoms with Crippen LogP contribution in [0.25, 0.3) is 0 Å². The third kappa shape index (κ3) is 3.43. The minimum Gasteiger partial charge on any atom is -0.368 e. The monoisotopic (exact) mass is 279 g/mol. The Kier molecular flexibility index (Phi) is 4.20. The number of nitrogens with zero attached hydrogens (tertiary/aromatic N) is 3. The van der Waals surface area contributed by atoms with Gasteiger partial charge < -0.3 is 4.90 Å². The Morgan fingerprint density at radius 3 is 2.00 bits per heavy atom. The summed E-state index contributed by atoms with van der Waals surface area (Å²) < 4.78 is 0. The maximum Gasteiger partial charge on any atom is 0.0646 e. The van der Waals surface area contributed by atoms with E-state index >= 15 is 0 Å². The maximum atomic E-state index is 4.76. The molecule has 2 aromatic carbocycles. The Morgan fingerprint density at radius 1 is 0.810 bits per heavy atom. The summed E-state index contributed by atoms with van der Waals surface area (Å²) >= 11 is 0. The molecular formula is C18H21N3. The second kappa shape index (κ2) is 6.44. The van der Waals surface area contributed by atoms with E-state index < -0.39 is 0 Å². The number of rotatable bonds is 3. The zero-order valence-electron chi connectivity index (χ0n) is 12.4. The first-order valence-electron chi connectivity index (χ1n) is 7.48. The van der Waals surface area contributed by atoms with Gasteiger partial charge in [-0.3, -0.25) is 5.01 Å². The van der Waals surface area contributed by atoms with Crippen LogP contribution in [0.15, 0.2) is 65.8 Å². The predicted octanol–water partition coefficient (Wildman–Crippen LogP) is 3.23. The van der Waals surface area contributed by atoms with Crippen LogP contribution in [-0.4, -0.2) is 36.9 Å². The van der Waals surface area contributed by atoms with Crippen molar-refractivity contribution in [3.8, 4) is 0 Å². The van der Waals surface area contributed by atoms with E-state index in [2.05, 4.69) is 71.4 Å². The Bertz CT molecular complexity index is 584. The van der Waals surface area contributed by atoms with Gasteiger partial charge in [0.25, 0.3) is 0 Å². The van der Waals surface area contributed by atoms with Gasteiger partial charge in [0.2, 0.25) is 0 Å². The van der Waals surface area contributed by atoms with Gasteiger partial charge in [0.15, 0.2) is 0 Å². The molecule has 1 saturated heterocycles. The van der Waals surface area contributed by atoms with Crippen LogP contribution in [0, 0.1) is 0 Å². The molecule has 3 nitrogen and oxygen atoms in total. The lowest BCUT2D eigenvalue weighted by molar-refractivity contribution is 0.270. The van der Waals surface area contributed by atoms with E-state index in [0.29, 0.717) is 0 Å². The number of hydrogen-bond acceptors (Lipinski definition) is 3. The Morgan fingerprint density at radius 2 is 1.38 bits per heavy atom. The minimum absolute atomic E-state index is 0.971. The fraction of sp³-hybridized carbons (Fsp3) is 0.278. The first-order valence-corrected chi connectivity index (χ1v) is 7.48. The predicted molar refractivity (Wildman–Crippen MR) is 88.9 cm³/mol. The quantitative estimate of drug-likeness (QED) is 0.803. The minimum atomic E-state index is 0.971. The fourth-order valence-corrected chi connectivity index (χ4v) is 2.64. The zero-order valence-corrected chi connectivity index (χ0v) is 12.4.